The zero-order chi connectivity index (χ0) is 23.4. The second-order valence-corrected chi connectivity index (χ2v) is 7.81. The molecule has 2 aromatic carbocycles. The number of carbonyl (C=O) groups excluding carboxylic acids is 2. The van der Waals surface area contributed by atoms with Crippen LogP contribution >= 0.6 is 0 Å². The lowest BCUT2D eigenvalue weighted by molar-refractivity contribution is -0.153. The summed E-state index contributed by atoms with van der Waals surface area (Å²) in [7, 11) is 1.54. The SMILES string of the molecule is CCOC(=O)[C@H]1C(=O)NC(N2CCN(c3ccc(F)cc3)CC2)=N[C@H]1c1ccccc1OC. The molecule has 0 spiro atoms. The number of para-hydroxylation sites is 1. The van der Waals surface area contributed by atoms with E-state index in [1.807, 2.05) is 23.1 Å². The van der Waals surface area contributed by atoms with Gasteiger partial charge in [-0.25, -0.2) is 9.38 Å². The standard InChI is InChI=1S/C24H27FN4O4/c1-3-33-23(31)20-21(18-6-4-5-7-19(18)32-2)26-24(27-22(20)30)29-14-12-28(13-15-29)17-10-8-16(25)9-11-17/h4-11,20-21H,3,12-15H2,1-2H3,(H,26,27,30)/t20-,21+/m1/s1. The number of hydrogen-bond acceptors (Lipinski definition) is 7. The van der Waals surface area contributed by atoms with Gasteiger partial charge < -0.3 is 19.3 Å². The summed E-state index contributed by atoms with van der Waals surface area (Å²) in [5.41, 5.74) is 1.59. The Hall–Kier alpha value is -3.62. The average molecular weight is 455 g/mol. The van der Waals surface area contributed by atoms with Gasteiger partial charge in [-0.15, -0.1) is 0 Å². The Labute approximate surface area is 192 Å². The van der Waals surface area contributed by atoms with Crippen molar-refractivity contribution in [1.29, 1.82) is 0 Å². The summed E-state index contributed by atoms with van der Waals surface area (Å²) in [5.74, 6) is -1.46. The van der Waals surface area contributed by atoms with Crippen LogP contribution in [0.4, 0.5) is 10.1 Å². The lowest BCUT2D eigenvalue weighted by atomic mass is 9.90. The minimum atomic E-state index is -1.11. The molecule has 174 valence electrons. The van der Waals surface area contributed by atoms with Crippen molar-refractivity contribution in [3.8, 4) is 5.75 Å². The summed E-state index contributed by atoms with van der Waals surface area (Å²) in [6.45, 7) is 4.45. The maximum absolute atomic E-state index is 13.2. The van der Waals surface area contributed by atoms with Gasteiger partial charge in [0.05, 0.1) is 13.7 Å². The first-order chi connectivity index (χ1) is 16.0. The first-order valence-electron chi connectivity index (χ1n) is 11.0. The highest BCUT2D eigenvalue weighted by Crippen LogP contribution is 2.36. The predicted octanol–water partition coefficient (Wildman–Crippen LogP) is 2.36. The fraction of sp³-hybridized carbons (Fsp3) is 0.375. The van der Waals surface area contributed by atoms with E-state index in [1.54, 1.807) is 32.2 Å². The van der Waals surface area contributed by atoms with Crippen LogP contribution in [0.15, 0.2) is 53.5 Å². The number of ether oxygens (including phenoxy) is 2. The maximum atomic E-state index is 13.2. The number of hydrogen-bond donors (Lipinski definition) is 1. The average Bonchev–Trinajstić information content (AvgIpc) is 2.84. The van der Waals surface area contributed by atoms with Crippen molar-refractivity contribution in [2.24, 2.45) is 10.9 Å². The molecule has 4 rings (SSSR count). The fourth-order valence-electron chi connectivity index (χ4n) is 4.19. The number of aliphatic imine (C=N–C) groups is 1. The third kappa shape index (κ3) is 4.76. The number of methoxy groups -OCH3 is 1. The lowest BCUT2D eigenvalue weighted by Crippen LogP contribution is -2.57. The molecule has 0 radical (unpaired) electrons. The molecule has 2 heterocycles. The smallest absolute Gasteiger partial charge is 0.321 e. The van der Waals surface area contributed by atoms with Crippen LogP contribution in [0.1, 0.15) is 18.5 Å². The highest BCUT2D eigenvalue weighted by molar-refractivity contribution is 6.08. The molecular formula is C24H27FN4O4. The van der Waals surface area contributed by atoms with E-state index in [4.69, 9.17) is 14.5 Å². The van der Waals surface area contributed by atoms with Crippen LogP contribution in [0, 0.1) is 11.7 Å². The molecule has 0 aliphatic carbocycles. The Morgan fingerprint density at radius 3 is 2.42 bits per heavy atom. The normalized spacial score (nSPS) is 20.7. The molecule has 1 saturated heterocycles. The van der Waals surface area contributed by atoms with Crippen LogP contribution in [0.2, 0.25) is 0 Å². The van der Waals surface area contributed by atoms with Crippen LogP contribution < -0.4 is 15.0 Å². The third-order valence-electron chi connectivity index (χ3n) is 5.86. The number of nitrogens with zero attached hydrogens (tertiary/aromatic N) is 3. The minimum absolute atomic E-state index is 0.170. The van der Waals surface area contributed by atoms with E-state index in [0.29, 0.717) is 43.5 Å². The molecule has 0 unspecified atom stereocenters. The molecule has 0 bridgehead atoms. The van der Waals surface area contributed by atoms with E-state index in [-0.39, 0.29) is 12.4 Å². The molecule has 1 N–H and O–H groups in total. The van der Waals surface area contributed by atoms with Crippen LogP contribution in [-0.2, 0) is 14.3 Å². The molecule has 8 nitrogen and oxygen atoms in total. The molecule has 1 fully saturated rings. The molecule has 9 heteroatoms. The van der Waals surface area contributed by atoms with Gasteiger partial charge in [0, 0.05) is 37.4 Å². The first-order valence-corrected chi connectivity index (χ1v) is 11.0. The Kier molecular flexibility index (Phi) is 6.76. The quantitative estimate of drug-likeness (QED) is 0.552. The van der Waals surface area contributed by atoms with Crippen molar-refractivity contribution >= 4 is 23.5 Å². The Balaban J connectivity index is 1.59. The van der Waals surface area contributed by atoms with E-state index in [1.165, 1.54) is 12.1 Å². The van der Waals surface area contributed by atoms with E-state index < -0.39 is 23.8 Å². The van der Waals surface area contributed by atoms with Crippen molar-refractivity contribution in [2.45, 2.75) is 13.0 Å². The second-order valence-electron chi connectivity index (χ2n) is 7.81. The Morgan fingerprint density at radius 2 is 1.76 bits per heavy atom. The van der Waals surface area contributed by atoms with E-state index in [9.17, 15) is 14.0 Å². The largest absolute Gasteiger partial charge is 0.496 e. The highest BCUT2D eigenvalue weighted by atomic mass is 19.1. The number of guanidine groups is 1. The molecule has 0 aromatic heterocycles. The molecule has 2 aliphatic heterocycles. The first kappa shape index (κ1) is 22.6. The van der Waals surface area contributed by atoms with E-state index in [0.717, 1.165) is 5.69 Å². The Morgan fingerprint density at radius 1 is 1.09 bits per heavy atom. The molecule has 0 saturated carbocycles. The van der Waals surface area contributed by atoms with Gasteiger partial charge in [0.25, 0.3) is 0 Å². The number of carbonyl (C=O) groups is 2. The number of nitrogens with one attached hydrogen (secondary N) is 1. The van der Waals surface area contributed by atoms with Gasteiger partial charge in [0.2, 0.25) is 11.9 Å². The zero-order valence-corrected chi connectivity index (χ0v) is 18.7. The topological polar surface area (TPSA) is 83.5 Å². The van der Waals surface area contributed by atoms with Gasteiger partial charge in [-0.2, -0.15) is 0 Å². The number of esters is 1. The van der Waals surface area contributed by atoms with E-state index >= 15 is 0 Å². The fourth-order valence-corrected chi connectivity index (χ4v) is 4.19. The summed E-state index contributed by atoms with van der Waals surface area (Å²) in [6, 6.07) is 12.9. The molecule has 2 atom stereocenters. The number of anilines is 1. The molecule has 1 amide bonds. The molecule has 2 aliphatic rings. The predicted molar refractivity (Wildman–Crippen MR) is 122 cm³/mol. The monoisotopic (exact) mass is 454 g/mol. The van der Waals surface area contributed by atoms with Crippen molar-refractivity contribution < 1.29 is 23.5 Å². The van der Waals surface area contributed by atoms with Crippen molar-refractivity contribution in [3.63, 3.8) is 0 Å². The molecule has 33 heavy (non-hydrogen) atoms. The van der Waals surface area contributed by atoms with Crippen LogP contribution in [0.3, 0.4) is 0 Å². The second kappa shape index (κ2) is 9.89. The molecule has 2 aromatic rings. The van der Waals surface area contributed by atoms with Crippen molar-refractivity contribution in [2.75, 3.05) is 44.8 Å². The maximum Gasteiger partial charge on any atom is 0.321 e. The molecular weight excluding hydrogens is 427 g/mol. The van der Waals surface area contributed by atoms with Crippen LogP contribution in [-0.4, -0.2) is 62.6 Å². The number of halogens is 1. The highest BCUT2D eigenvalue weighted by Gasteiger charge is 2.43. The number of benzene rings is 2. The van der Waals surface area contributed by atoms with Crippen LogP contribution in [0.5, 0.6) is 5.75 Å². The third-order valence-corrected chi connectivity index (χ3v) is 5.86. The lowest BCUT2D eigenvalue weighted by Gasteiger charge is -2.39. The number of rotatable bonds is 5. The van der Waals surface area contributed by atoms with Gasteiger partial charge >= 0.3 is 5.97 Å². The minimum Gasteiger partial charge on any atom is -0.496 e. The summed E-state index contributed by atoms with van der Waals surface area (Å²) < 4.78 is 23.9. The van der Waals surface area contributed by atoms with Crippen LogP contribution in [0.25, 0.3) is 0 Å². The summed E-state index contributed by atoms with van der Waals surface area (Å²) >= 11 is 0. The number of amides is 1. The number of piperazine rings is 1. The van der Waals surface area contributed by atoms with Crippen molar-refractivity contribution in [3.05, 3.63) is 59.9 Å². The van der Waals surface area contributed by atoms with Gasteiger partial charge in [0.15, 0.2) is 5.92 Å². The zero-order valence-electron chi connectivity index (χ0n) is 18.7. The Bertz CT molecular complexity index is 1040. The summed E-state index contributed by atoms with van der Waals surface area (Å²) in [6.07, 6.45) is 0. The van der Waals surface area contributed by atoms with Crippen molar-refractivity contribution in [1.82, 2.24) is 10.2 Å². The van der Waals surface area contributed by atoms with Gasteiger partial charge in [-0.05, 0) is 37.3 Å². The summed E-state index contributed by atoms with van der Waals surface area (Å²) in [5, 5.41) is 2.80. The van der Waals surface area contributed by atoms with E-state index in [2.05, 4.69) is 10.2 Å². The van der Waals surface area contributed by atoms with Gasteiger partial charge in [-0.1, -0.05) is 18.2 Å². The summed E-state index contributed by atoms with van der Waals surface area (Å²) in [4.78, 5) is 34.6. The van der Waals surface area contributed by atoms with Gasteiger partial charge in [-0.3, -0.25) is 14.9 Å². The van der Waals surface area contributed by atoms with Gasteiger partial charge in [0.1, 0.15) is 17.6 Å².